The summed E-state index contributed by atoms with van der Waals surface area (Å²) >= 11 is 1.64. The lowest BCUT2D eigenvalue weighted by atomic mass is 10.00. The zero-order valence-electron chi connectivity index (χ0n) is 24.5. The molecule has 0 spiro atoms. The van der Waals surface area contributed by atoms with Crippen LogP contribution in [0.15, 0.2) is 41.5 Å². The monoisotopic (exact) mass is 543 g/mol. The minimum Gasteiger partial charge on any atom is -0.355 e. The van der Waals surface area contributed by atoms with E-state index < -0.39 is 0 Å². The third kappa shape index (κ3) is 13.2. The Hall–Kier alpha value is -2.71. The average Bonchev–Trinajstić information content (AvgIpc) is 3.55. The molecule has 38 heavy (non-hydrogen) atoms. The van der Waals surface area contributed by atoms with E-state index in [-0.39, 0.29) is 5.91 Å². The number of hydrogen-bond acceptors (Lipinski definition) is 6. The number of carbonyl (C=O) groups excluding carboxylic acids is 2. The van der Waals surface area contributed by atoms with Crippen molar-refractivity contribution in [2.75, 3.05) is 19.6 Å². The molecule has 1 aromatic heterocycles. The molecule has 7 nitrogen and oxygen atoms in total. The maximum absolute atomic E-state index is 11.9. The molecule has 2 amide bonds. The Morgan fingerprint density at radius 2 is 1.76 bits per heavy atom. The second-order valence-electron chi connectivity index (χ2n) is 10.6. The highest BCUT2D eigenvalue weighted by Gasteiger charge is 2.18. The summed E-state index contributed by atoms with van der Waals surface area (Å²) in [5, 5.41) is 4.19. The first kappa shape index (κ1) is 33.3. The van der Waals surface area contributed by atoms with E-state index in [9.17, 15) is 9.59 Å². The number of allylic oxidation sites excluding steroid dienone is 1. The Balaban J connectivity index is 0.000000335. The summed E-state index contributed by atoms with van der Waals surface area (Å²) in [6.07, 6.45) is 7.06. The summed E-state index contributed by atoms with van der Waals surface area (Å²) in [6.45, 7) is 17.6. The Morgan fingerprint density at radius 3 is 2.24 bits per heavy atom. The van der Waals surface area contributed by atoms with Crippen LogP contribution in [0, 0.1) is 18.8 Å². The number of benzene rings is 1. The maximum atomic E-state index is 11.9. The zero-order chi connectivity index (χ0) is 28.5. The number of likely N-dealkylation sites (tertiary alicyclic amines) is 1. The van der Waals surface area contributed by atoms with Crippen LogP contribution in [0.25, 0.3) is 10.4 Å². The third-order valence-electron chi connectivity index (χ3n) is 5.74. The van der Waals surface area contributed by atoms with Crippen molar-refractivity contribution in [3.8, 4) is 10.4 Å². The smallest absolute Gasteiger partial charge is 0.243 e. The van der Waals surface area contributed by atoms with Gasteiger partial charge in [0.05, 0.1) is 16.1 Å². The fourth-order valence-corrected chi connectivity index (χ4v) is 4.60. The van der Waals surface area contributed by atoms with Gasteiger partial charge in [0.2, 0.25) is 12.3 Å². The molecule has 0 bridgehead atoms. The molecule has 0 unspecified atom stereocenters. The lowest BCUT2D eigenvalue weighted by Gasteiger charge is -2.21. The van der Waals surface area contributed by atoms with Gasteiger partial charge in [0.15, 0.2) is 0 Å². The summed E-state index contributed by atoms with van der Waals surface area (Å²) < 4.78 is 0. The minimum atomic E-state index is 0.144. The molecule has 1 fully saturated rings. The molecule has 8 heteroatoms. The van der Waals surface area contributed by atoms with Crippen molar-refractivity contribution < 1.29 is 9.59 Å². The molecule has 0 saturated carbocycles. The van der Waals surface area contributed by atoms with Gasteiger partial charge in [-0.15, -0.1) is 11.3 Å². The fraction of sp³-hybridized carbons (Fsp3) is 0.567. The van der Waals surface area contributed by atoms with Gasteiger partial charge >= 0.3 is 0 Å². The number of thiazole rings is 1. The molecule has 1 saturated heterocycles. The summed E-state index contributed by atoms with van der Waals surface area (Å²) in [6, 6.07) is 8.15. The highest BCUT2D eigenvalue weighted by atomic mass is 32.1. The quantitative estimate of drug-likeness (QED) is 0.213. The maximum Gasteiger partial charge on any atom is 0.243 e. The van der Waals surface area contributed by atoms with Crippen LogP contribution in [0.3, 0.4) is 0 Å². The molecule has 2 aromatic rings. The SMILES string of the molecule is CC(C)C.CCC/C(=C\N(N)CC(=O)N1CCCC1)C(C)C.Cc1ncsc1-c1ccc(CNC=O)cc1. The van der Waals surface area contributed by atoms with Crippen LogP contribution in [-0.4, -0.2) is 46.8 Å². The minimum absolute atomic E-state index is 0.144. The van der Waals surface area contributed by atoms with E-state index in [1.54, 1.807) is 16.3 Å². The van der Waals surface area contributed by atoms with Crippen LogP contribution in [0.5, 0.6) is 0 Å². The fourth-order valence-electron chi connectivity index (χ4n) is 3.78. The van der Waals surface area contributed by atoms with Crippen LogP contribution in [-0.2, 0) is 16.1 Å². The number of nitrogens with zero attached hydrogens (tertiary/aromatic N) is 3. The molecule has 0 atom stereocenters. The highest BCUT2D eigenvalue weighted by molar-refractivity contribution is 7.13. The lowest BCUT2D eigenvalue weighted by Crippen LogP contribution is -2.40. The number of hydrazine groups is 1. The Kier molecular flexibility index (Phi) is 16.2. The first-order chi connectivity index (χ1) is 18.1. The van der Waals surface area contributed by atoms with Crippen LogP contribution in [0.2, 0.25) is 0 Å². The molecule has 1 aromatic carbocycles. The predicted molar refractivity (Wildman–Crippen MR) is 160 cm³/mol. The van der Waals surface area contributed by atoms with Gasteiger partial charge in [-0.3, -0.25) is 9.59 Å². The standard InChI is InChI=1S/C14H27N3O.C12H12N2OS.C4H10/c1-4-7-13(12(2)3)10-17(15)11-14(18)16-8-5-6-9-16;1-9-12(16-8-14-9)11-4-2-10(3-5-11)6-13-7-15;1-4(2)3/h10,12H,4-9,11,15H2,1-3H3;2-5,7-8H,6H2,1H3,(H,13,15);4H,1-3H3/b13-10+;;. The van der Waals surface area contributed by atoms with E-state index >= 15 is 0 Å². The van der Waals surface area contributed by atoms with Crippen LogP contribution in [0.1, 0.15) is 78.5 Å². The van der Waals surface area contributed by atoms with Gasteiger partial charge in [-0.2, -0.15) is 0 Å². The lowest BCUT2D eigenvalue weighted by molar-refractivity contribution is -0.130. The van der Waals surface area contributed by atoms with Crippen molar-refractivity contribution >= 4 is 23.7 Å². The number of aryl methyl sites for hydroxylation is 1. The second-order valence-corrected chi connectivity index (χ2v) is 11.4. The van der Waals surface area contributed by atoms with Gasteiger partial charge in [-0.25, -0.2) is 10.8 Å². The number of aromatic nitrogens is 1. The first-order valence-corrected chi connectivity index (χ1v) is 14.6. The number of nitrogens with two attached hydrogens (primary N) is 1. The van der Waals surface area contributed by atoms with E-state index in [0.717, 1.165) is 55.9 Å². The molecule has 3 rings (SSSR count). The van der Waals surface area contributed by atoms with Crippen LogP contribution in [0.4, 0.5) is 0 Å². The molecular formula is C30H49N5O2S. The van der Waals surface area contributed by atoms with E-state index in [1.807, 2.05) is 35.7 Å². The molecule has 0 aliphatic carbocycles. The van der Waals surface area contributed by atoms with E-state index in [1.165, 1.54) is 16.0 Å². The molecule has 2 heterocycles. The highest BCUT2D eigenvalue weighted by Crippen LogP contribution is 2.27. The Morgan fingerprint density at radius 1 is 1.16 bits per heavy atom. The van der Waals surface area contributed by atoms with Crippen molar-refractivity contribution in [1.82, 2.24) is 20.2 Å². The van der Waals surface area contributed by atoms with Gasteiger partial charge in [-0.1, -0.05) is 77.8 Å². The van der Waals surface area contributed by atoms with Crippen molar-refractivity contribution in [3.05, 3.63) is 52.8 Å². The molecular weight excluding hydrogens is 494 g/mol. The number of hydrogen-bond donors (Lipinski definition) is 2. The van der Waals surface area contributed by atoms with Crippen molar-refractivity contribution in [3.63, 3.8) is 0 Å². The first-order valence-electron chi connectivity index (χ1n) is 13.7. The third-order valence-corrected chi connectivity index (χ3v) is 6.72. The van der Waals surface area contributed by atoms with Gasteiger partial charge in [0.1, 0.15) is 6.54 Å². The predicted octanol–water partition coefficient (Wildman–Crippen LogP) is 6.15. The largest absolute Gasteiger partial charge is 0.355 e. The van der Waals surface area contributed by atoms with Crippen molar-refractivity contribution in [1.29, 1.82) is 0 Å². The number of amides is 2. The summed E-state index contributed by atoms with van der Waals surface area (Å²) in [5.41, 5.74) is 6.50. The molecule has 1 aliphatic rings. The summed E-state index contributed by atoms with van der Waals surface area (Å²) in [7, 11) is 0. The van der Waals surface area contributed by atoms with E-state index in [4.69, 9.17) is 5.84 Å². The van der Waals surface area contributed by atoms with Gasteiger partial charge < -0.3 is 15.2 Å². The summed E-state index contributed by atoms with van der Waals surface area (Å²) in [4.78, 5) is 29.4. The van der Waals surface area contributed by atoms with Crippen LogP contribution >= 0.6 is 11.3 Å². The van der Waals surface area contributed by atoms with Gasteiger partial charge in [0, 0.05) is 25.8 Å². The Bertz CT molecular complexity index is 961. The summed E-state index contributed by atoms with van der Waals surface area (Å²) in [5.74, 6) is 7.38. The van der Waals surface area contributed by atoms with E-state index in [2.05, 4.69) is 64.0 Å². The van der Waals surface area contributed by atoms with Crippen molar-refractivity contribution in [2.24, 2.45) is 17.7 Å². The zero-order valence-corrected chi connectivity index (χ0v) is 25.3. The molecule has 3 N–H and O–H groups in total. The van der Waals surface area contributed by atoms with Gasteiger partial charge in [-0.05, 0) is 49.1 Å². The number of rotatable bonds is 10. The second kappa shape index (κ2) is 18.5. The Labute approximate surface area is 234 Å². The van der Waals surface area contributed by atoms with E-state index in [0.29, 0.717) is 25.4 Å². The van der Waals surface area contributed by atoms with Crippen molar-refractivity contribution in [2.45, 2.75) is 80.7 Å². The average molecular weight is 544 g/mol. The normalized spacial score (nSPS) is 13.0. The number of carbonyl (C=O) groups is 2. The molecule has 212 valence electrons. The molecule has 0 radical (unpaired) electrons. The number of nitrogens with one attached hydrogen (secondary N) is 1. The van der Waals surface area contributed by atoms with Crippen LogP contribution < -0.4 is 11.2 Å². The topological polar surface area (TPSA) is 91.6 Å². The molecule has 1 aliphatic heterocycles. The van der Waals surface area contributed by atoms with Gasteiger partial charge in [0.25, 0.3) is 0 Å².